The number of likely N-dealkylation sites (N-methyl/N-ethyl adjacent to an activating group) is 1. The molecule has 5 rings (SSSR count). The van der Waals surface area contributed by atoms with Crippen LogP contribution in [-0.4, -0.2) is 79.2 Å². The number of hydrogen-bond acceptors (Lipinski definition) is 7. The van der Waals surface area contributed by atoms with Crippen molar-refractivity contribution in [1.29, 1.82) is 5.26 Å². The number of carbonyl (C=O) groups excluding carboxylic acids is 1. The van der Waals surface area contributed by atoms with Crippen LogP contribution in [0, 0.1) is 11.3 Å². The van der Waals surface area contributed by atoms with Crippen molar-refractivity contribution in [1.82, 2.24) is 14.8 Å². The third kappa shape index (κ3) is 5.41. The predicted molar refractivity (Wildman–Crippen MR) is 155 cm³/mol. The van der Waals surface area contributed by atoms with E-state index in [1.807, 2.05) is 17.0 Å². The van der Waals surface area contributed by atoms with Gasteiger partial charge in [0.15, 0.2) is 0 Å². The number of anilines is 2. The summed E-state index contributed by atoms with van der Waals surface area (Å²) >= 11 is 12.9. The maximum atomic E-state index is 12.3. The Balaban J connectivity index is 1.53. The summed E-state index contributed by atoms with van der Waals surface area (Å²) in [4.78, 5) is 25.8. The molecule has 2 saturated heterocycles. The van der Waals surface area contributed by atoms with Crippen LogP contribution in [0.4, 0.5) is 11.4 Å². The third-order valence-corrected chi connectivity index (χ3v) is 8.97. The van der Waals surface area contributed by atoms with E-state index in [1.54, 1.807) is 6.07 Å². The fourth-order valence-electron chi connectivity index (χ4n) is 5.98. The van der Waals surface area contributed by atoms with Gasteiger partial charge in [-0.2, -0.15) is 5.26 Å². The van der Waals surface area contributed by atoms with Gasteiger partial charge in [0.1, 0.15) is 18.2 Å². The zero-order chi connectivity index (χ0) is 27.7. The Hall–Kier alpha value is -2.99. The number of pyridine rings is 1. The van der Waals surface area contributed by atoms with Gasteiger partial charge >= 0.3 is 0 Å². The van der Waals surface area contributed by atoms with Crippen LogP contribution in [0.3, 0.4) is 0 Å². The number of carbonyl (C=O) groups is 1. The predicted octanol–water partition coefficient (Wildman–Crippen LogP) is 4.52. The van der Waals surface area contributed by atoms with Crippen molar-refractivity contribution in [3.8, 4) is 11.9 Å². The number of nitrogens with zero attached hydrogens (tertiary/aromatic N) is 6. The molecular weight excluding hydrogens is 535 g/mol. The van der Waals surface area contributed by atoms with E-state index in [0.29, 0.717) is 73.3 Å². The second kappa shape index (κ2) is 11.6. The van der Waals surface area contributed by atoms with Gasteiger partial charge in [0.05, 0.1) is 33.7 Å². The Morgan fingerprint density at radius 2 is 2.10 bits per heavy atom. The van der Waals surface area contributed by atoms with Gasteiger partial charge in [0.2, 0.25) is 11.8 Å². The maximum absolute atomic E-state index is 12.3. The first-order valence-electron chi connectivity index (χ1n) is 13.5. The molecule has 0 bridgehead atoms. The van der Waals surface area contributed by atoms with E-state index < -0.39 is 0 Å². The summed E-state index contributed by atoms with van der Waals surface area (Å²) in [5.41, 5.74) is 4.15. The van der Waals surface area contributed by atoms with Crippen molar-refractivity contribution >= 4 is 40.5 Å². The first-order valence-corrected chi connectivity index (χ1v) is 14.2. The van der Waals surface area contributed by atoms with Crippen molar-refractivity contribution in [2.75, 3.05) is 56.2 Å². The molecule has 1 aromatic carbocycles. The Morgan fingerprint density at radius 3 is 2.79 bits per heavy atom. The van der Waals surface area contributed by atoms with Crippen LogP contribution in [0.2, 0.25) is 10.0 Å². The molecule has 0 aliphatic carbocycles. The SMILES string of the molecule is C=CC(=O)N1CCN(c2c(C#N)c(OC[C@@H]3CCCN3C)nc3c2CCN(c2cccc(Cl)c2Cl)C3)[C@@H](C)C1. The Morgan fingerprint density at radius 1 is 1.28 bits per heavy atom. The van der Waals surface area contributed by atoms with E-state index in [-0.39, 0.29) is 11.9 Å². The molecule has 3 aliphatic heterocycles. The van der Waals surface area contributed by atoms with Crippen LogP contribution in [-0.2, 0) is 17.8 Å². The van der Waals surface area contributed by atoms with Crippen molar-refractivity contribution < 1.29 is 9.53 Å². The van der Waals surface area contributed by atoms with Gasteiger partial charge in [-0.25, -0.2) is 4.98 Å². The van der Waals surface area contributed by atoms with Crippen molar-refractivity contribution in [2.45, 2.75) is 44.8 Å². The van der Waals surface area contributed by atoms with Gasteiger partial charge in [-0.1, -0.05) is 35.8 Å². The number of rotatable bonds is 6. The van der Waals surface area contributed by atoms with Crippen LogP contribution in [0.5, 0.6) is 5.88 Å². The van der Waals surface area contributed by atoms with Crippen LogP contribution in [0.15, 0.2) is 30.9 Å². The highest BCUT2D eigenvalue weighted by molar-refractivity contribution is 6.43. The van der Waals surface area contributed by atoms with Gasteiger partial charge < -0.3 is 24.3 Å². The highest BCUT2D eigenvalue weighted by Gasteiger charge is 2.34. The number of piperazine rings is 1. The summed E-state index contributed by atoms with van der Waals surface area (Å²) in [6, 6.07) is 8.39. The number of fused-ring (bicyclic) bond motifs is 1. The summed E-state index contributed by atoms with van der Waals surface area (Å²) in [5.74, 6) is 0.305. The minimum Gasteiger partial charge on any atom is -0.475 e. The van der Waals surface area contributed by atoms with Crippen LogP contribution in [0.1, 0.15) is 36.6 Å². The fraction of sp³-hybridized carbons (Fsp3) is 0.483. The molecule has 2 aromatic rings. The molecule has 0 spiro atoms. The van der Waals surface area contributed by atoms with Gasteiger partial charge in [-0.3, -0.25) is 4.79 Å². The second-order valence-corrected chi connectivity index (χ2v) is 11.3. The van der Waals surface area contributed by atoms with Crippen molar-refractivity contribution in [3.05, 3.63) is 57.7 Å². The molecule has 10 heteroatoms. The van der Waals surface area contributed by atoms with Crippen molar-refractivity contribution in [2.24, 2.45) is 0 Å². The summed E-state index contributed by atoms with van der Waals surface area (Å²) in [5, 5.41) is 11.4. The molecule has 0 saturated carbocycles. The van der Waals surface area contributed by atoms with E-state index in [1.165, 1.54) is 6.08 Å². The lowest BCUT2D eigenvalue weighted by molar-refractivity contribution is -0.126. The minimum absolute atomic E-state index is 0.00969. The summed E-state index contributed by atoms with van der Waals surface area (Å²) < 4.78 is 6.33. The van der Waals surface area contributed by atoms with Crippen LogP contribution >= 0.6 is 23.2 Å². The molecule has 206 valence electrons. The number of benzene rings is 1. The summed E-state index contributed by atoms with van der Waals surface area (Å²) in [6.45, 7) is 10.2. The normalized spacial score (nSPS) is 21.5. The standard InChI is InChI=1S/C29H34Cl2N6O2/c1-4-26(38)36-13-14-37(19(2)16-36)28-21-10-12-35(25-9-5-8-23(30)27(25)31)17-24(21)33-29(22(28)15-32)39-18-20-7-6-11-34(20)3/h4-5,8-9,19-20H,1,6-7,10-14,16-18H2,2-3H3/t19-,20-/m0/s1. The van der Waals surface area contributed by atoms with Gasteiger partial charge in [-0.05, 0) is 58.0 Å². The third-order valence-electron chi connectivity index (χ3n) is 8.16. The molecule has 2 atom stereocenters. The first kappa shape index (κ1) is 27.6. The number of aromatic nitrogens is 1. The monoisotopic (exact) mass is 568 g/mol. The van der Waals surface area contributed by atoms with Crippen LogP contribution < -0.4 is 14.5 Å². The highest BCUT2D eigenvalue weighted by Crippen LogP contribution is 2.41. The number of ether oxygens (including phenoxy) is 1. The molecule has 1 aromatic heterocycles. The van der Waals surface area contributed by atoms with E-state index in [4.69, 9.17) is 32.9 Å². The molecule has 39 heavy (non-hydrogen) atoms. The van der Waals surface area contributed by atoms with E-state index >= 15 is 0 Å². The molecule has 0 unspecified atom stereocenters. The number of hydrogen-bond donors (Lipinski definition) is 0. The Labute approximate surface area is 240 Å². The second-order valence-electron chi connectivity index (χ2n) is 10.5. The molecule has 2 fully saturated rings. The molecule has 0 radical (unpaired) electrons. The molecule has 4 heterocycles. The zero-order valence-corrected chi connectivity index (χ0v) is 24.0. The molecule has 0 N–H and O–H groups in total. The quantitative estimate of drug-likeness (QED) is 0.474. The molecule has 3 aliphatic rings. The Bertz CT molecular complexity index is 1310. The lowest BCUT2D eigenvalue weighted by Gasteiger charge is -2.43. The number of likely N-dealkylation sites (tertiary alicyclic amines) is 1. The smallest absolute Gasteiger partial charge is 0.246 e. The number of nitriles is 1. The van der Waals surface area contributed by atoms with E-state index in [2.05, 4.69) is 41.3 Å². The van der Waals surface area contributed by atoms with E-state index in [0.717, 1.165) is 42.0 Å². The van der Waals surface area contributed by atoms with Gasteiger partial charge in [-0.15, -0.1) is 0 Å². The maximum Gasteiger partial charge on any atom is 0.246 e. The average molecular weight is 570 g/mol. The number of amides is 1. The largest absolute Gasteiger partial charge is 0.475 e. The summed E-state index contributed by atoms with van der Waals surface area (Å²) in [7, 11) is 2.11. The van der Waals surface area contributed by atoms with Crippen LogP contribution in [0.25, 0.3) is 0 Å². The van der Waals surface area contributed by atoms with Gasteiger partial charge in [0, 0.05) is 43.8 Å². The molecule has 8 nitrogen and oxygen atoms in total. The number of halogens is 2. The molecule has 1 amide bonds. The van der Waals surface area contributed by atoms with E-state index in [9.17, 15) is 10.1 Å². The first-order chi connectivity index (χ1) is 18.8. The fourth-order valence-corrected chi connectivity index (χ4v) is 6.40. The minimum atomic E-state index is -0.0717. The van der Waals surface area contributed by atoms with Gasteiger partial charge in [0.25, 0.3) is 0 Å². The highest BCUT2D eigenvalue weighted by atomic mass is 35.5. The molecular formula is C29H34Cl2N6O2. The lowest BCUT2D eigenvalue weighted by atomic mass is 9.96. The summed E-state index contributed by atoms with van der Waals surface area (Å²) in [6.07, 6.45) is 4.25. The Kier molecular flexibility index (Phi) is 8.22. The topological polar surface area (TPSA) is 75.9 Å². The zero-order valence-electron chi connectivity index (χ0n) is 22.5. The average Bonchev–Trinajstić information content (AvgIpc) is 3.36. The lowest BCUT2D eigenvalue weighted by Crippen LogP contribution is -2.54. The van der Waals surface area contributed by atoms with Crippen molar-refractivity contribution in [3.63, 3.8) is 0 Å².